The molecule has 4 heterocycles. The fourth-order valence-corrected chi connectivity index (χ4v) is 14.5. The van der Waals surface area contributed by atoms with E-state index < -0.39 is 91.7 Å². The van der Waals surface area contributed by atoms with Gasteiger partial charge in [-0.15, -0.1) is 0 Å². The van der Waals surface area contributed by atoms with Gasteiger partial charge in [0.1, 0.15) is 31.0 Å². The van der Waals surface area contributed by atoms with Crippen LogP contribution in [0, 0.1) is 17.8 Å². The second-order valence-electron chi connectivity index (χ2n) is 24.1. The van der Waals surface area contributed by atoms with Crippen molar-refractivity contribution < 1.29 is 97.6 Å². The van der Waals surface area contributed by atoms with E-state index >= 15 is 0 Å². The lowest BCUT2D eigenvalue weighted by atomic mass is 9.89. The number of halogens is 4. The van der Waals surface area contributed by atoms with E-state index in [0.717, 1.165) is 23.3 Å². The molecule has 10 rings (SSSR count). The van der Waals surface area contributed by atoms with Gasteiger partial charge in [0.2, 0.25) is 6.29 Å². The molecule has 23 nitrogen and oxygen atoms in total. The van der Waals surface area contributed by atoms with Gasteiger partial charge in [-0.05, 0) is 132 Å². The number of ketones is 2. The largest absolute Gasteiger partial charge is 0.511 e. The van der Waals surface area contributed by atoms with Gasteiger partial charge in [0.05, 0.1) is 71.3 Å². The van der Waals surface area contributed by atoms with Crippen LogP contribution in [0.4, 0.5) is 4.79 Å². The SMILES string of the molecule is CC(=O)OCC(COC(C)=O)COC(=O)OC(C)OC(=O)[C@@H](CC(=O)c1c(Cl)cc2c(c1Cl)CCN(C(=O)c1ccc3ccoc3c1)C2)Cc1cccc(S(C)(=O)=O)c1.CS(=O)(=O)c1cccc(C[C@H](CC(=O)c2c(Cl)cc3c(c2Cl)CCN(C(=O)c2ccc4ccoc4c2)C3)C(=O)O)c1. The molecule has 0 bridgehead atoms. The first kappa shape index (κ1) is 75.1. The smallest absolute Gasteiger partial charge is 0.481 e. The molecule has 0 aliphatic carbocycles. The molecule has 0 saturated carbocycles. The molecular formula is C71H66Cl4N2O21S2. The summed E-state index contributed by atoms with van der Waals surface area (Å²) in [5.41, 5.74) is 5.67. The summed E-state index contributed by atoms with van der Waals surface area (Å²) in [6.07, 6.45) is 2.02. The number of hydrogen-bond acceptors (Lipinski definition) is 20. The van der Waals surface area contributed by atoms with E-state index in [1.807, 2.05) is 12.1 Å². The number of Topliss-reactive ketones (excluding diaryl/α,β-unsaturated/α-hetero) is 2. The average Bonchev–Trinajstić information content (AvgIpc) is 0.901. The van der Waals surface area contributed by atoms with E-state index in [4.69, 9.17) is 78.9 Å². The minimum Gasteiger partial charge on any atom is -0.481 e. The standard InChI is InChI=1S/C41H41Cl2NO14S.C30H25Cl2NO7S/c1-23(45)54-20-27(21-55-24(2)46)22-56-41(50)58-25(3)57-40(49)30(14-26-6-5-7-32(15-26)59(4,51)52)17-35(47)37-34(42)16-31-19-44(12-10-33(31)38(37)43)39(48)29-9-8-28-11-13-53-36(28)18-29;1-41(38,39)22-4-2-3-17(12-22)11-20(30(36)37)14-25(34)27-24(31)13-21-16-33(9-7-23(21)28(27)32)29(35)19-6-5-18-8-10-40-26(18)15-19/h5-9,11,13,15-16,18,25,27,30H,10,12,14,17,19-22H2,1-4H3;2-6,8,10,12-13,15,20H,7,9,11,14,16H2,1H3,(H,36,37)/t25?,30-;20-/m11/s1. The van der Waals surface area contributed by atoms with Crippen molar-refractivity contribution in [2.75, 3.05) is 45.4 Å². The van der Waals surface area contributed by atoms with Crippen molar-refractivity contribution >= 4 is 141 Å². The summed E-state index contributed by atoms with van der Waals surface area (Å²) in [6, 6.07) is 29.1. The van der Waals surface area contributed by atoms with Crippen LogP contribution < -0.4 is 0 Å². The predicted octanol–water partition coefficient (Wildman–Crippen LogP) is 12.4. The van der Waals surface area contributed by atoms with E-state index in [1.165, 1.54) is 57.2 Å². The summed E-state index contributed by atoms with van der Waals surface area (Å²) in [6.45, 7) is 3.83. The number of benzene rings is 6. The monoisotopic (exact) mass is 1490 g/mol. The highest BCUT2D eigenvalue weighted by Gasteiger charge is 2.35. The van der Waals surface area contributed by atoms with Crippen LogP contribution in [-0.2, 0) is 101 Å². The lowest BCUT2D eigenvalue weighted by Crippen LogP contribution is -2.36. The third-order valence-electron chi connectivity index (χ3n) is 16.5. The number of carbonyl (C=O) groups excluding carboxylic acids is 8. The molecule has 2 aromatic heterocycles. The molecule has 0 saturated heterocycles. The Morgan fingerprint density at radius 1 is 0.550 bits per heavy atom. The van der Waals surface area contributed by atoms with E-state index in [9.17, 15) is 65.1 Å². The molecule has 0 spiro atoms. The van der Waals surface area contributed by atoms with Gasteiger partial charge >= 0.3 is 30.0 Å². The molecule has 526 valence electrons. The van der Waals surface area contributed by atoms with Gasteiger partial charge in [0, 0.05) is 94.2 Å². The van der Waals surface area contributed by atoms with Gasteiger partial charge in [-0.25, -0.2) is 21.6 Å². The third-order valence-corrected chi connectivity index (χ3v) is 20.2. The molecule has 0 radical (unpaired) electrons. The minimum absolute atomic E-state index is 0.00333. The lowest BCUT2D eigenvalue weighted by Gasteiger charge is -2.30. The van der Waals surface area contributed by atoms with Crippen LogP contribution in [0.1, 0.15) is 108 Å². The summed E-state index contributed by atoms with van der Waals surface area (Å²) < 4.78 is 84.7. The van der Waals surface area contributed by atoms with E-state index in [1.54, 1.807) is 83.0 Å². The first-order valence-electron chi connectivity index (χ1n) is 31.0. The Bertz CT molecular complexity index is 4760. The number of ether oxygens (including phenoxy) is 5. The molecule has 0 fully saturated rings. The number of rotatable bonds is 24. The molecule has 6 aromatic carbocycles. The topological polar surface area (TPSA) is 321 Å². The van der Waals surface area contributed by atoms with Crippen LogP contribution in [-0.4, -0.2) is 137 Å². The summed E-state index contributed by atoms with van der Waals surface area (Å²) in [5.74, 6) is -8.02. The van der Waals surface area contributed by atoms with Crippen LogP contribution >= 0.6 is 46.4 Å². The summed E-state index contributed by atoms with van der Waals surface area (Å²) in [5, 5.41) is 11.9. The Hall–Kier alpha value is -9.11. The maximum absolute atomic E-state index is 14.0. The Morgan fingerprint density at radius 3 is 1.41 bits per heavy atom. The normalized spacial score (nSPS) is 13.8. The molecule has 2 aliphatic heterocycles. The Labute approximate surface area is 594 Å². The van der Waals surface area contributed by atoms with Gasteiger partial charge in [-0.1, -0.05) is 82.8 Å². The highest BCUT2D eigenvalue weighted by atomic mass is 35.5. The number of furan rings is 2. The van der Waals surface area contributed by atoms with Crippen LogP contribution in [0.5, 0.6) is 0 Å². The van der Waals surface area contributed by atoms with Gasteiger partial charge in [0.15, 0.2) is 31.2 Å². The molecule has 3 atom stereocenters. The number of carboxylic acid groups (broad SMARTS) is 1. The number of nitrogens with zero attached hydrogens (tertiary/aromatic N) is 2. The van der Waals surface area contributed by atoms with Crippen molar-refractivity contribution in [3.8, 4) is 0 Å². The fraction of sp³-hybridized carbons (Fsp3) is 0.310. The number of carbonyl (C=O) groups is 9. The summed E-state index contributed by atoms with van der Waals surface area (Å²) in [7, 11) is -7.10. The predicted molar refractivity (Wildman–Crippen MR) is 366 cm³/mol. The fourth-order valence-electron chi connectivity index (χ4n) is 11.5. The average molecular weight is 1490 g/mol. The number of esters is 3. The molecule has 29 heteroatoms. The van der Waals surface area contributed by atoms with Gasteiger partial charge in [-0.3, -0.25) is 38.4 Å². The van der Waals surface area contributed by atoms with E-state index in [-0.39, 0.29) is 105 Å². The van der Waals surface area contributed by atoms with Crippen LogP contribution in [0.15, 0.2) is 140 Å². The van der Waals surface area contributed by atoms with Crippen molar-refractivity contribution in [3.63, 3.8) is 0 Å². The van der Waals surface area contributed by atoms with Crippen LogP contribution in [0.25, 0.3) is 21.9 Å². The van der Waals surface area contributed by atoms with Crippen molar-refractivity contribution in [1.82, 2.24) is 9.80 Å². The Balaban J connectivity index is 0.000000248. The highest BCUT2D eigenvalue weighted by molar-refractivity contribution is 7.91. The molecule has 100 heavy (non-hydrogen) atoms. The number of hydrogen-bond donors (Lipinski definition) is 1. The molecule has 1 unspecified atom stereocenters. The van der Waals surface area contributed by atoms with Crippen molar-refractivity contribution in [2.24, 2.45) is 17.8 Å². The number of carboxylic acids is 1. The Kier molecular flexibility index (Phi) is 24.4. The second-order valence-corrected chi connectivity index (χ2v) is 29.7. The zero-order chi connectivity index (χ0) is 72.5. The van der Waals surface area contributed by atoms with E-state index in [0.29, 0.717) is 81.6 Å². The van der Waals surface area contributed by atoms with Gasteiger partial charge in [-0.2, -0.15) is 0 Å². The van der Waals surface area contributed by atoms with Crippen molar-refractivity contribution in [2.45, 2.75) is 88.5 Å². The van der Waals surface area contributed by atoms with Crippen molar-refractivity contribution in [1.29, 1.82) is 0 Å². The summed E-state index contributed by atoms with van der Waals surface area (Å²) in [4.78, 5) is 118. The zero-order valence-corrected chi connectivity index (χ0v) is 59.0. The molecular weight excluding hydrogens is 1420 g/mol. The maximum Gasteiger partial charge on any atom is 0.511 e. The minimum atomic E-state index is -3.63. The lowest BCUT2D eigenvalue weighted by molar-refractivity contribution is -0.173. The molecule has 2 aliphatic rings. The van der Waals surface area contributed by atoms with Crippen LogP contribution in [0.3, 0.4) is 0 Å². The number of fused-ring (bicyclic) bond motifs is 4. The zero-order valence-electron chi connectivity index (χ0n) is 54.4. The first-order chi connectivity index (χ1) is 47.3. The Morgan fingerprint density at radius 2 is 0.980 bits per heavy atom. The highest BCUT2D eigenvalue weighted by Crippen LogP contribution is 2.39. The third kappa shape index (κ3) is 19.0. The quantitative estimate of drug-likeness (QED) is 0.0254. The van der Waals surface area contributed by atoms with Crippen molar-refractivity contribution in [3.05, 3.63) is 197 Å². The van der Waals surface area contributed by atoms with Gasteiger partial charge in [0.25, 0.3) is 11.8 Å². The molecule has 2 amide bonds. The second kappa shape index (κ2) is 32.5. The van der Waals surface area contributed by atoms with Crippen LogP contribution in [0.2, 0.25) is 20.1 Å². The number of aliphatic carboxylic acids is 1. The maximum atomic E-state index is 14.0. The molecule has 1 N–H and O–H groups in total. The molecule has 8 aromatic rings. The summed E-state index contributed by atoms with van der Waals surface area (Å²) >= 11 is 26.8. The number of amides is 2. The number of sulfone groups is 2. The van der Waals surface area contributed by atoms with Gasteiger partial charge < -0.3 is 47.4 Å². The van der Waals surface area contributed by atoms with E-state index in [2.05, 4.69) is 0 Å². The first-order valence-corrected chi connectivity index (χ1v) is 36.3.